The zero-order valence-corrected chi connectivity index (χ0v) is 15.0. The number of hydrogen-bond acceptors (Lipinski definition) is 6. The molecule has 2 N–H and O–H groups in total. The van der Waals surface area contributed by atoms with Crippen molar-refractivity contribution in [2.45, 2.75) is 18.9 Å². The van der Waals surface area contributed by atoms with Gasteiger partial charge in [-0.3, -0.25) is 4.98 Å². The van der Waals surface area contributed by atoms with E-state index in [4.69, 9.17) is 5.73 Å². The van der Waals surface area contributed by atoms with E-state index in [1.165, 1.54) is 11.9 Å². The fourth-order valence-electron chi connectivity index (χ4n) is 3.96. The Labute approximate surface area is 161 Å². The largest absolute Gasteiger partial charge is 0.383 e. The molecule has 6 heteroatoms. The van der Waals surface area contributed by atoms with E-state index < -0.39 is 0 Å². The first-order valence-corrected chi connectivity index (χ1v) is 9.16. The first-order valence-electron chi connectivity index (χ1n) is 9.16. The van der Waals surface area contributed by atoms with E-state index in [1.54, 1.807) is 6.20 Å². The molecule has 1 unspecified atom stereocenters. The summed E-state index contributed by atoms with van der Waals surface area (Å²) in [6.07, 6.45) is 4.91. The molecule has 0 saturated heterocycles. The van der Waals surface area contributed by atoms with Crippen molar-refractivity contribution >= 4 is 16.7 Å². The van der Waals surface area contributed by atoms with Gasteiger partial charge in [-0.15, -0.1) is 0 Å². The van der Waals surface area contributed by atoms with Gasteiger partial charge in [-0.25, -0.2) is 9.97 Å². The maximum Gasteiger partial charge on any atom is 0.134 e. The van der Waals surface area contributed by atoms with Crippen LogP contribution in [0, 0.1) is 4.91 Å². The van der Waals surface area contributed by atoms with Gasteiger partial charge in [0.2, 0.25) is 0 Å². The molecule has 2 aromatic carbocycles. The van der Waals surface area contributed by atoms with Crippen molar-refractivity contribution < 1.29 is 0 Å². The van der Waals surface area contributed by atoms with E-state index in [0.29, 0.717) is 5.82 Å². The average molecular weight is 367 g/mol. The minimum atomic E-state index is -0.226. The second-order valence-electron chi connectivity index (χ2n) is 6.96. The van der Waals surface area contributed by atoms with Gasteiger partial charge in [0.25, 0.3) is 0 Å². The molecule has 6 nitrogen and oxygen atoms in total. The van der Waals surface area contributed by atoms with Gasteiger partial charge in [-0.2, -0.15) is 4.91 Å². The number of nitrogens with zero attached hydrogens (tertiary/aromatic N) is 4. The van der Waals surface area contributed by atoms with Crippen LogP contribution in [0.4, 0.5) is 5.82 Å². The van der Waals surface area contributed by atoms with Gasteiger partial charge in [-0.05, 0) is 53.8 Å². The molecule has 0 aliphatic heterocycles. The van der Waals surface area contributed by atoms with Gasteiger partial charge >= 0.3 is 0 Å². The third kappa shape index (κ3) is 2.62. The maximum absolute atomic E-state index is 11.0. The summed E-state index contributed by atoms with van der Waals surface area (Å²) in [7, 11) is 0. The van der Waals surface area contributed by atoms with Gasteiger partial charge in [0.05, 0.1) is 11.2 Å². The monoisotopic (exact) mass is 367 g/mol. The summed E-state index contributed by atoms with van der Waals surface area (Å²) in [5.74, 6) is 0.460. The molecular weight excluding hydrogens is 350 g/mol. The van der Waals surface area contributed by atoms with Crippen molar-refractivity contribution in [1.82, 2.24) is 15.0 Å². The predicted octanol–water partition coefficient (Wildman–Crippen LogP) is 4.69. The Balaban J connectivity index is 1.65. The summed E-state index contributed by atoms with van der Waals surface area (Å²) < 4.78 is 0. The number of hydrogen-bond donors (Lipinski definition) is 1. The molecule has 1 aliphatic carbocycles. The molecule has 4 aromatic rings. The summed E-state index contributed by atoms with van der Waals surface area (Å²) in [6.45, 7) is 0. The maximum atomic E-state index is 11.0. The predicted molar refractivity (Wildman–Crippen MR) is 109 cm³/mol. The second-order valence-corrected chi connectivity index (χ2v) is 6.96. The highest BCUT2D eigenvalue weighted by Gasteiger charge is 2.24. The number of rotatable bonds is 3. The Morgan fingerprint density at radius 1 is 1.00 bits per heavy atom. The molecule has 0 radical (unpaired) electrons. The molecule has 2 heterocycles. The lowest BCUT2D eigenvalue weighted by atomic mass is 9.96. The van der Waals surface area contributed by atoms with Crippen LogP contribution in [0.15, 0.2) is 66.2 Å². The van der Waals surface area contributed by atoms with E-state index >= 15 is 0 Å². The van der Waals surface area contributed by atoms with Crippen LogP contribution in [0.1, 0.15) is 23.6 Å². The smallest absolute Gasteiger partial charge is 0.134 e. The van der Waals surface area contributed by atoms with Crippen molar-refractivity contribution in [3.05, 3.63) is 77.1 Å². The second kappa shape index (κ2) is 6.49. The van der Waals surface area contributed by atoms with E-state index in [9.17, 15) is 4.91 Å². The van der Waals surface area contributed by atoms with E-state index in [1.807, 2.05) is 42.5 Å². The van der Waals surface area contributed by atoms with Gasteiger partial charge < -0.3 is 5.73 Å². The normalized spacial score (nSPS) is 15.5. The molecule has 1 aliphatic rings. The third-order valence-electron chi connectivity index (χ3n) is 5.37. The molecule has 0 saturated carbocycles. The Morgan fingerprint density at radius 3 is 2.79 bits per heavy atom. The summed E-state index contributed by atoms with van der Waals surface area (Å²) in [5.41, 5.74) is 13.0. The molecule has 1 atom stereocenters. The lowest BCUT2D eigenvalue weighted by Crippen LogP contribution is -1.95. The fourth-order valence-corrected chi connectivity index (χ4v) is 3.96. The number of aryl methyl sites for hydroxylation is 1. The first kappa shape index (κ1) is 16.5. The third-order valence-corrected chi connectivity index (χ3v) is 5.37. The number of nitrogens with two attached hydrogens (primary N) is 1. The molecule has 2 aromatic heterocycles. The summed E-state index contributed by atoms with van der Waals surface area (Å²) >= 11 is 0. The Kier molecular flexibility index (Phi) is 3.83. The number of nitroso groups, excluding NO2 is 1. The zero-order chi connectivity index (χ0) is 19.1. The molecule has 0 amide bonds. The molecule has 0 bridgehead atoms. The first-order chi connectivity index (χ1) is 13.7. The standard InChI is InChI=1S/C22H17N5O/c23-22-18-11-14(4-7-19(18)25-12-26-22)17-2-1-9-24-21(17)15-3-6-16-13(10-15)5-8-20(16)27-28/h1-4,6-7,9-12,20H,5,8H2,(H2,23,25,26). The topological polar surface area (TPSA) is 94.1 Å². The summed E-state index contributed by atoms with van der Waals surface area (Å²) in [5, 5.41) is 4.07. The highest BCUT2D eigenvalue weighted by atomic mass is 16.3. The number of fused-ring (bicyclic) bond motifs is 2. The van der Waals surface area contributed by atoms with Crippen molar-refractivity contribution in [2.75, 3.05) is 5.73 Å². The minimum Gasteiger partial charge on any atom is -0.383 e. The van der Waals surface area contributed by atoms with Crippen LogP contribution in [0.25, 0.3) is 33.3 Å². The average Bonchev–Trinajstić information content (AvgIpc) is 3.16. The van der Waals surface area contributed by atoms with Gasteiger partial charge in [0, 0.05) is 22.7 Å². The Morgan fingerprint density at radius 2 is 1.89 bits per heavy atom. The van der Waals surface area contributed by atoms with Crippen LogP contribution in [0.5, 0.6) is 0 Å². The van der Waals surface area contributed by atoms with E-state index in [2.05, 4.69) is 26.2 Å². The van der Waals surface area contributed by atoms with Crippen LogP contribution < -0.4 is 5.73 Å². The quantitative estimate of drug-likeness (QED) is 0.530. The van der Waals surface area contributed by atoms with Crippen LogP contribution >= 0.6 is 0 Å². The van der Waals surface area contributed by atoms with Crippen LogP contribution in [0.3, 0.4) is 0 Å². The number of aromatic nitrogens is 3. The Bertz CT molecular complexity index is 1220. The molecule has 5 rings (SSSR count). The molecule has 0 spiro atoms. The number of nitrogen functional groups attached to an aromatic ring is 1. The van der Waals surface area contributed by atoms with Crippen molar-refractivity contribution in [1.29, 1.82) is 0 Å². The highest BCUT2D eigenvalue weighted by Crippen LogP contribution is 2.38. The van der Waals surface area contributed by atoms with Crippen LogP contribution in [-0.4, -0.2) is 15.0 Å². The zero-order valence-electron chi connectivity index (χ0n) is 15.0. The lowest BCUT2D eigenvalue weighted by Gasteiger charge is -2.12. The number of anilines is 1. The fraction of sp³-hybridized carbons (Fsp3) is 0.136. The van der Waals surface area contributed by atoms with Gasteiger partial charge in [-0.1, -0.05) is 29.4 Å². The highest BCUT2D eigenvalue weighted by molar-refractivity contribution is 5.93. The van der Waals surface area contributed by atoms with E-state index in [-0.39, 0.29) is 6.04 Å². The lowest BCUT2D eigenvalue weighted by molar-refractivity contribution is 0.710. The van der Waals surface area contributed by atoms with Gasteiger partial charge in [0.1, 0.15) is 18.2 Å². The molecule has 0 fully saturated rings. The Hall–Kier alpha value is -3.67. The van der Waals surface area contributed by atoms with Crippen molar-refractivity contribution in [3.8, 4) is 22.4 Å². The molecule has 136 valence electrons. The van der Waals surface area contributed by atoms with E-state index in [0.717, 1.165) is 51.7 Å². The molecular formula is C22H17N5O. The SMILES string of the molecule is Nc1ncnc2ccc(-c3cccnc3-c3ccc4c(c3)CCC4N=O)cc12. The van der Waals surface area contributed by atoms with Crippen molar-refractivity contribution in [2.24, 2.45) is 5.18 Å². The van der Waals surface area contributed by atoms with Crippen LogP contribution in [-0.2, 0) is 6.42 Å². The summed E-state index contributed by atoms with van der Waals surface area (Å²) in [6, 6.07) is 15.9. The van der Waals surface area contributed by atoms with Crippen LogP contribution in [0.2, 0.25) is 0 Å². The minimum absolute atomic E-state index is 0.226. The summed E-state index contributed by atoms with van der Waals surface area (Å²) in [4.78, 5) is 24.0. The van der Waals surface area contributed by atoms with Gasteiger partial charge in [0.15, 0.2) is 0 Å². The number of benzene rings is 2. The number of pyridine rings is 1. The molecule has 28 heavy (non-hydrogen) atoms. The van der Waals surface area contributed by atoms with Crippen molar-refractivity contribution in [3.63, 3.8) is 0 Å².